The van der Waals surface area contributed by atoms with Crippen LogP contribution in [0.2, 0.25) is 0 Å². The van der Waals surface area contributed by atoms with Gasteiger partial charge in [-0.2, -0.15) is 0 Å². The lowest BCUT2D eigenvalue weighted by molar-refractivity contribution is 0.142. The fourth-order valence-electron chi connectivity index (χ4n) is 1.87. The Hall–Kier alpha value is -0.170. The van der Waals surface area contributed by atoms with Crippen molar-refractivity contribution in [3.8, 4) is 0 Å². The van der Waals surface area contributed by atoms with Gasteiger partial charge in [0, 0.05) is 32.3 Å². The van der Waals surface area contributed by atoms with Gasteiger partial charge in [0.05, 0.1) is 18.1 Å². The summed E-state index contributed by atoms with van der Waals surface area (Å²) in [7, 11) is -1.21. The highest BCUT2D eigenvalue weighted by molar-refractivity contribution is 7.91. The molecule has 1 aliphatic rings. The Kier molecular flexibility index (Phi) is 4.51. The molecule has 1 fully saturated rings. The lowest BCUT2D eigenvalue weighted by Gasteiger charge is -2.34. The predicted molar refractivity (Wildman–Crippen MR) is 59.5 cm³/mol. The second-order valence-corrected chi connectivity index (χ2v) is 6.40. The number of methoxy groups -OCH3 is 1. The fourth-order valence-corrected chi connectivity index (χ4v) is 3.50. The summed E-state index contributed by atoms with van der Waals surface area (Å²) in [6.07, 6.45) is 0. The van der Waals surface area contributed by atoms with E-state index in [0.717, 1.165) is 0 Å². The number of sulfone groups is 1. The zero-order valence-corrected chi connectivity index (χ0v) is 10.2. The van der Waals surface area contributed by atoms with E-state index in [4.69, 9.17) is 10.5 Å². The first kappa shape index (κ1) is 12.9. The van der Waals surface area contributed by atoms with E-state index >= 15 is 0 Å². The summed E-state index contributed by atoms with van der Waals surface area (Å²) in [6.45, 7) is 3.72. The first-order valence-electron chi connectivity index (χ1n) is 5.13. The van der Waals surface area contributed by atoms with Crippen LogP contribution in [-0.4, -0.2) is 63.7 Å². The highest BCUT2D eigenvalue weighted by atomic mass is 32.2. The van der Waals surface area contributed by atoms with Crippen molar-refractivity contribution in [2.24, 2.45) is 5.73 Å². The van der Waals surface area contributed by atoms with E-state index in [1.165, 1.54) is 0 Å². The van der Waals surface area contributed by atoms with E-state index in [1.807, 2.05) is 6.92 Å². The predicted octanol–water partition coefficient (Wildman–Crippen LogP) is -0.921. The van der Waals surface area contributed by atoms with Crippen LogP contribution in [0.4, 0.5) is 0 Å². The van der Waals surface area contributed by atoms with Crippen LogP contribution in [0.5, 0.6) is 0 Å². The van der Waals surface area contributed by atoms with Crippen molar-refractivity contribution in [3.63, 3.8) is 0 Å². The second-order valence-electron chi connectivity index (χ2n) is 4.17. The van der Waals surface area contributed by atoms with E-state index in [2.05, 4.69) is 4.90 Å². The topological polar surface area (TPSA) is 72.6 Å². The zero-order chi connectivity index (χ0) is 11.5. The van der Waals surface area contributed by atoms with Gasteiger partial charge in [-0.05, 0) is 6.92 Å². The zero-order valence-electron chi connectivity index (χ0n) is 9.35. The molecule has 2 atom stereocenters. The lowest BCUT2D eigenvalue weighted by Crippen LogP contribution is -2.51. The minimum absolute atomic E-state index is 0.0433. The maximum Gasteiger partial charge on any atom is 0.153 e. The van der Waals surface area contributed by atoms with Crippen LogP contribution in [0.15, 0.2) is 0 Å². The number of nitrogens with two attached hydrogens (primary N) is 1. The maximum atomic E-state index is 11.3. The maximum absolute atomic E-state index is 11.3. The van der Waals surface area contributed by atoms with Crippen molar-refractivity contribution < 1.29 is 13.2 Å². The molecule has 1 saturated heterocycles. The number of rotatable bonds is 4. The molecule has 0 aromatic carbocycles. The molecule has 2 N–H and O–H groups in total. The molecule has 0 amide bonds. The van der Waals surface area contributed by atoms with Gasteiger partial charge < -0.3 is 10.5 Å². The first-order valence-corrected chi connectivity index (χ1v) is 6.96. The van der Waals surface area contributed by atoms with Crippen LogP contribution in [0.3, 0.4) is 0 Å². The molecule has 0 aliphatic carbocycles. The van der Waals surface area contributed by atoms with Crippen LogP contribution in [0.25, 0.3) is 0 Å². The molecule has 6 heteroatoms. The smallest absolute Gasteiger partial charge is 0.153 e. The highest BCUT2D eigenvalue weighted by Crippen LogP contribution is 2.11. The molecule has 90 valence electrons. The summed E-state index contributed by atoms with van der Waals surface area (Å²) >= 11 is 0. The van der Waals surface area contributed by atoms with Gasteiger partial charge in [-0.3, -0.25) is 4.90 Å². The Morgan fingerprint density at radius 2 is 2.27 bits per heavy atom. The van der Waals surface area contributed by atoms with Crippen LogP contribution in [0.1, 0.15) is 6.92 Å². The summed E-state index contributed by atoms with van der Waals surface area (Å²) in [5.41, 5.74) is 5.83. The average Bonchev–Trinajstić information content (AvgIpc) is 2.10. The summed E-state index contributed by atoms with van der Waals surface area (Å²) < 4.78 is 27.6. The van der Waals surface area contributed by atoms with Gasteiger partial charge in [0.2, 0.25) is 0 Å². The average molecular weight is 236 g/mol. The Bertz CT molecular complexity index is 292. The Labute approximate surface area is 91.5 Å². The largest absolute Gasteiger partial charge is 0.383 e. The van der Waals surface area contributed by atoms with Gasteiger partial charge in [0.15, 0.2) is 9.84 Å². The molecule has 1 rings (SSSR count). The molecular weight excluding hydrogens is 216 g/mol. The molecule has 0 aromatic rings. The standard InChI is InChI=1S/C9H20N2O3S/c1-8-7-15(12,13)4-3-11(8)5-9(10)6-14-2/h8-9H,3-7,10H2,1-2H3. The molecule has 0 spiro atoms. The summed E-state index contributed by atoms with van der Waals surface area (Å²) in [5, 5.41) is 0. The number of hydrogen-bond donors (Lipinski definition) is 1. The number of ether oxygens (including phenoxy) is 1. The molecule has 1 aliphatic heterocycles. The Morgan fingerprint density at radius 1 is 1.60 bits per heavy atom. The number of nitrogens with zero attached hydrogens (tertiary/aromatic N) is 1. The summed E-state index contributed by atoms with van der Waals surface area (Å²) in [4.78, 5) is 2.12. The molecule has 1 heterocycles. The SMILES string of the molecule is COCC(N)CN1CCS(=O)(=O)CC1C. The number of hydrogen-bond acceptors (Lipinski definition) is 5. The van der Waals surface area contributed by atoms with Crippen LogP contribution in [-0.2, 0) is 14.6 Å². The van der Waals surface area contributed by atoms with Crippen LogP contribution in [0, 0.1) is 0 Å². The van der Waals surface area contributed by atoms with Gasteiger partial charge in [0.25, 0.3) is 0 Å². The van der Waals surface area contributed by atoms with E-state index in [0.29, 0.717) is 19.7 Å². The first-order chi connectivity index (χ1) is 6.94. The molecule has 0 radical (unpaired) electrons. The Morgan fingerprint density at radius 3 is 2.80 bits per heavy atom. The second kappa shape index (κ2) is 5.25. The highest BCUT2D eigenvalue weighted by Gasteiger charge is 2.28. The van der Waals surface area contributed by atoms with E-state index in [9.17, 15) is 8.42 Å². The van der Waals surface area contributed by atoms with Crippen molar-refractivity contribution in [1.82, 2.24) is 4.90 Å². The van der Waals surface area contributed by atoms with Crippen molar-refractivity contribution in [2.45, 2.75) is 19.0 Å². The molecule has 2 unspecified atom stereocenters. The monoisotopic (exact) mass is 236 g/mol. The van der Waals surface area contributed by atoms with Gasteiger partial charge in [-0.25, -0.2) is 8.42 Å². The third kappa shape index (κ3) is 4.06. The minimum Gasteiger partial charge on any atom is -0.383 e. The van der Waals surface area contributed by atoms with E-state index < -0.39 is 9.84 Å². The van der Waals surface area contributed by atoms with Gasteiger partial charge >= 0.3 is 0 Å². The lowest BCUT2D eigenvalue weighted by atomic mass is 10.2. The molecule has 0 saturated carbocycles. The molecule has 0 aromatic heterocycles. The van der Waals surface area contributed by atoms with Gasteiger partial charge in [0.1, 0.15) is 0 Å². The van der Waals surface area contributed by atoms with Crippen molar-refractivity contribution in [1.29, 1.82) is 0 Å². The summed E-state index contributed by atoms with van der Waals surface area (Å²) in [6, 6.07) is 0.0184. The van der Waals surface area contributed by atoms with Crippen LogP contribution >= 0.6 is 0 Å². The Balaban J connectivity index is 2.44. The molecule has 0 bridgehead atoms. The van der Waals surface area contributed by atoms with Gasteiger partial charge in [-0.15, -0.1) is 0 Å². The third-order valence-corrected chi connectivity index (χ3v) is 4.45. The third-order valence-electron chi connectivity index (χ3n) is 2.66. The van der Waals surface area contributed by atoms with Crippen molar-refractivity contribution >= 4 is 9.84 Å². The molecular formula is C9H20N2O3S. The normalized spacial score (nSPS) is 28.9. The van der Waals surface area contributed by atoms with E-state index in [-0.39, 0.29) is 23.6 Å². The quantitative estimate of drug-likeness (QED) is 0.683. The fraction of sp³-hybridized carbons (Fsp3) is 1.00. The van der Waals surface area contributed by atoms with Crippen molar-refractivity contribution in [2.75, 3.05) is 38.3 Å². The summed E-state index contributed by atoms with van der Waals surface area (Å²) in [5.74, 6) is 0.490. The molecule has 15 heavy (non-hydrogen) atoms. The van der Waals surface area contributed by atoms with Gasteiger partial charge in [-0.1, -0.05) is 0 Å². The van der Waals surface area contributed by atoms with E-state index in [1.54, 1.807) is 7.11 Å². The van der Waals surface area contributed by atoms with Crippen molar-refractivity contribution in [3.05, 3.63) is 0 Å². The molecule has 5 nitrogen and oxygen atoms in total. The minimum atomic E-state index is -2.83. The van der Waals surface area contributed by atoms with Crippen LogP contribution < -0.4 is 5.73 Å².